The van der Waals surface area contributed by atoms with E-state index in [4.69, 9.17) is 4.74 Å². The Bertz CT molecular complexity index is 758. The monoisotopic (exact) mass is 358 g/mol. The zero-order chi connectivity index (χ0) is 19.1. The minimum atomic E-state index is -0.901. The molecule has 140 valence electrons. The van der Waals surface area contributed by atoms with Gasteiger partial charge in [0.2, 0.25) is 0 Å². The number of nitrogens with zero attached hydrogens (tertiary/aromatic N) is 1. The first-order chi connectivity index (χ1) is 12.1. The molecule has 3 rings (SSSR count). The fourth-order valence-corrected chi connectivity index (χ4v) is 4.62. The molecule has 6 nitrogen and oxygen atoms in total. The Morgan fingerprint density at radius 3 is 2.69 bits per heavy atom. The van der Waals surface area contributed by atoms with Crippen LogP contribution in [0.25, 0.3) is 0 Å². The van der Waals surface area contributed by atoms with Crippen molar-refractivity contribution < 1.29 is 19.1 Å². The molecule has 0 aromatic heterocycles. The fourth-order valence-electron chi connectivity index (χ4n) is 4.62. The number of urea groups is 1. The van der Waals surface area contributed by atoms with E-state index in [1.165, 1.54) is 0 Å². The van der Waals surface area contributed by atoms with Gasteiger partial charge in [0.25, 0.3) is 5.91 Å². The van der Waals surface area contributed by atoms with Crippen LogP contribution in [-0.2, 0) is 9.59 Å². The van der Waals surface area contributed by atoms with Crippen molar-refractivity contribution >= 4 is 17.9 Å². The molecule has 1 aromatic carbocycles. The van der Waals surface area contributed by atoms with Gasteiger partial charge in [-0.25, -0.2) is 9.59 Å². The van der Waals surface area contributed by atoms with Gasteiger partial charge in [0.05, 0.1) is 0 Å². The standard InChI is InChI=1S/C20H26N2O4/c1-13-6-5-7-15(8-13)26-16(23)11-22-17(24)20(21-18(22)25)10-14(2)9-19(3,4)12-20/h5-8,14H,9-12H2,1-4H3,(H,21,25)/t14-,20-/m0/s1. The van der Waals surface area contributed by atoms with E-state index in [0.29, 0.717) is 24.5 Å². The average Bonchev–Trinajstić information content (AvgIpc) is 2.68. The lowest BCUT2D eigenvalue weighted by Gasteiger charge is -2.43. The van der Waals surface area contributed by atoms with Crippen LogP contribution in [0.4, 0.5) is 4.79 Å². The lowest BCUT2D eigenvalue weighted by atomic mass is 9.64. The number of rotatable bonds is 3. The third-order valence-electron chi connectivity index (χ3n) is 5.13. The van der Waals surface area contributed by atoms with Crippen molar-refractivity contribution in [2.24, 2.45) is 11.3 Å². The summed E-state index contributed by atoms with van der Waals surface area (Å²) in [5.74, 6) is -0.214. The molecule has 1 aliphatic heterocycles. The molecular weight excluding hydrogens is 332 g/mol. The van der Waals surface area contributed by atoms with E-state index in [1.807, 2.05) is 13.0 Å². The Hall–Kier alpha value is -2.37. The van der Waals surface area contributed by atoms with Crippen LogP contribution >= 0.6 is 0 Å². The normalized spacial score (nSPS) is 27.5. The Balaban J connectivity index is 1.72. The molecule has 1 aliphatic carbocycles. The summed E-state index contributed by atoms with van der Waals surface area (Å²) in [6, 6.07) is 6.57. The molecule has 1 heterocycles. The molecule has 6 heteroatoms. The van der Waals surface area contributed by atoms with E-state index in [-0.39, 0.29) is 17.9 Å². The second kappa shape index (κ2) is 6.41. The molecule has 1 spiro atoms. The van der Waals surface area contributed by atoms with Gasteiger partial charge in [-0.2, -0.15) is 0 Å². The first kappa shape index (κ1) is 18.4. The SMILES string of the molecule is Cc1cccc(OC(=O)CN2C(=O)N[C@]3(C[C@@H](C)CC(C)(C)C3)C2=O)c1. The molecule has 0 radical (unpaired) electrons. The van der Waals surface area contributed by atoms with Crippen LogP contribution in [0.15, 0.2) is 24.3 Å². The average molecular weight is 358 g/mol. The molecule has 26 heavy (non-hydrogen) atoms. The quantitative estimate of drug-likeness (QED) is 0.512. The molecule has 0 unspecified atom stereocenters. The summed E-state index contributed by atoms with van der Waals surface area (Å²) in [6.45, 7) is 7.83. The smallest absolute Gasteiger partial charge is 0.331 e. The van der Waals surface area contributed by atoms with E-state index in [2.05, 4.69) is 26.1 Å². The number of ether oxygens (including phenoxy) is 1. The Morgan fingerprint density at radius 2 is 2.04 bits per heavy atom. The number of amides is 3. The van der Waals surface area contributed by atoms with E-state index in [1.54, 1.807) is 18.2 Å². The molecule has 1 aromatic rings. The summed E-state index contributed by atoms with van der Waals surface area (Å²) in [7, 11) is 0. The maximum absolute atomic E-state index is 13.0. The van der Waals surface area contributed by atoms with Gasteiger partial charge in [-0.3, -0.25) is 9.69 Å². The van der Waals surface area contributed by atoms with Crippen molar-refractivity contribution in [2.75, 3.05) is 6.54 Å². The van der Waals surface area contributed by atoms with Crippen molar-refractivity contribution in [1.29, 1.82) is 0 Å². The van der Waals surface area contributed by atoms with Gasteiger partial charge in [0.15, 0.2) is 0 Å². The first-order valence-corrected chi connectivity index (χ1v) is 9.02. The highest BCUT2D eigenvalue weighted by Crippen LogP contribution is 2.46. The Morgan fingerprint density at radius 1 is 1.31 bits per heavy atom. The summed E-state index contributed by atoms with van der Waals surface area (Å²) in [5, 5.41) is 2.86. The molecule has 1 saturated heterocycles. The second-order valence-corrected chi connectivity index (χ2v) is 8.55. The number of carbonyl (C=O) groups excluding carboxylic acids is 3. The fraction of sp³-hybridized carbons (Fsp3) is 0.550. The van der Waals surface area contributed by atoms with Crippen molar-refractivity contribution in [3.63, 3.8) is 0 Å². The van der Waals surface area contributed by atoms with E-state index in [0.717, 1.165) is 16.9 Å². The number of benzene rings is 1. The summed E-state index contributed by atoms with van der Waals surface area (Å²) < 4.78 is 5.28. The lowest BCUT2D eigenvalue weighted by Crippen LogP contribution is -2.54. The topological polar surface area (TPSA) is 75.7 Å². The van der Waals surface area contributed by atoms with Crippen LogP contribution in [-0.4, -0.2) is 34.9 Å². The van der Waals surface area contributed by atoms with Crippen LogP contribution in [0.2, 0.25) is 0 Å². The van der Waals surface area contributed by atoms with E-state index < -0.39 is 17.5 Å². The van der Waals surface area contributed by atoms with E-state index >= 15 is 0 Å². The molecule has 1 N–H and O–H groups in total. The lowest BCUT2D eigenvalue weighted by molar-refractivity contribution is -0.142. The Kier molecular flexibility index (Phi) is 4.54. The summed E-state index contributed by atoms with van der Waals surface area (Å²) in [6.07, 6.45) is 2.19. The highest BCUT2D eigenvalue weighted by Gasteiger charge is 2.56. The maximum atomic E-state index is 13.0. The summed E-state index contributed by atoms with van der Waals surface area (Å²) in [4.78, 5) is 38.6. The third-order valence-corrected chi connectivity index (χ3v) is 5.13. The molecule has 2 atom stereocenters. The predicted molar refractivity (Wildman–Crippen MR) is 96.6 cm³/mol. The molecule has 1 saturated carbocycles. The zero-order valence-electron chi connectivity index (χ0n) is 15.8. The molecule has 2 fully saturated rings. The third kappa shape index (κ3) is 3.59. The summed E-state index contributed by atoms with van der Waals surface area (Å²) >= 11 is 0. The van der Waals surface area contributed by atoms with Crippen LogP contribution in [0.1, 0.15) is 45.6 Å². The maximum Gasteiger partial charge on any atom is 0.331 e. The number of esters is 1. The van der Waals surface area contributed by atoms with Crippen molar-refractivity contribution in [1.82, 2.24) is 10.2 Å². The summed E-state index contributed by atoms with van der Waals surface area (Å²) in [5.41, 5.74) is 0.0169. The van der Waals surface area contributed by atoms with Gasteiger partial charge in [-0.1, -0.05) is 32.9 Å². The van der Waals surface area contributed by atoms with Gasteiger partial charge >= 0.3 is 12.0 Å². The van der Waals surface area contributed by atoms with Crippen LogP contribution in [0.3, 0.4) is 0 Å². The zero-order valence-corrected chi connectivity index (χ0v) is 15.8. The Labute approximate surface area is 153 Å². The van der Waals surface area contributed by atoms with Crippen LogP contribution < -0.4 is 10.1 Å². The highest BCUT2D eigenvalue weighted by molar-refractivity contribution is 6.08. The number of nitrogens with one attached hydrogen (secondary N) is 1. The van der Waals surface area contributed by atoms with Crippen molar-refractivity contribution in [3.8, 4) is 5.75 Å². The number of imide groups is 1. The van der Waals surface area contributed by atoms with Crippen LogP contribution in [0.5, 0.6) is 5.75 Å². The number of aryl methyl sites for hydroxylation is 1. The first-order valence-electron chi connectivity index (χ1n) is 9.02. The van der Waals surface area contributed by atoms with E-state index in [9.17, 15) is 14.4 Å². The van der Waals surface area contributed by atoms with Gasteiger partial charge in [-0.15, -0.1) is 0 Å². The second-order valence-electron chi connectivity index (χ2n) is 8.55. The molecule has 0 bridgehead atoms. The van der Waals surface area contributed by atoms with Gasteiger partial charge in [-0.05, 0) is 55.2 Å². The highest BCUT2D eigenvalue weighted by atomic mass is 16.5. The number of hydrogen-bond acceptors (Lipinski definition) is 4. The largest absolute Gasteiger partial charge is 0.425 e. The van der Waals surface area contributed by atoms with Crippen molar-refractivity contribution in [3.05, 3.63) is 29.8 Å². The minimum Gasteiger partial charge on any atom is -0.425 e. The number of hydrogen-bond donors (Lipinski definition) is 1. The van der Waals surface area contributed by atoms with Gasteiger partial charge < -0.3 is 10.1 Å². The number of carbonyl (C=O) groups is 3. The predicted octanol–water partition coefficient (Wildman–Crippen LogP) is 3.04. The van der Waals surface area contributed by atoms with Crippen LogP contribution in [0, 0.1) is 18.3 Å². The van der Waals surface area contributed by atoms with Crippen molar-refractivity contribution in [2.45, 2.75) is 52.5 Å². The molecule has 2 aliphatic rings. The molecular formula is C20H26N2O4. The van der Waals surface area contributed by atoms with Gasteiger partial charge in [0.1, 0.15) is 17.8 Å². The van der Waals surface area contributed by atoms with Gasteiger partial charge in [0, 0.05) is 0 Å². The molecule has 3 amide bonds. The minimum absolute atomic E-state index is 0.0430.